The third kappa shape index (κ3) is 3.25. The molecule has 1 N–H and O–H groups in total. The molecule has 0 fully saturated rings. The van der Waals surface area contributed by atoms with Crippen molar-refractivity contribution in [3.05, 3.63) is 62.6 Å². The maximum atomic E-state index is 13.8. The summed E-state index contributed by atoms with van der Waals surface area (Å²) in [7, 11) is 0. The van der Waals surface area contributed by atoms with E-state index >= 15 is 0 Å². The van der Waals surface area contributed by atoms with Crippen LogP contribution in [-0.4, -0.2) is 0 Å². The van der Waals surface area contributed by atoms with Crippen LogP contribution in [0.15, 0.2) is 34.8 Å². The molecule has 0 radical (unpaired) electrons. The van der Waals surface area contributed by atoms with E-state index in [4.69, 9.17) is 11.6 Å². The Morgan fingerprint density at radius 2 is 1.95 bits per heavy atom. The lowest BCUT2D eigenvalue weighted by Crippen LogP contribution is -2.05. The third-order valence-corrected chi connectivity index (χ3v) is 3.60. The van der Waals surface area contributed by atoms with Gasteiger partial charge < -0.3 is 5.32 Å². The molecule has 0 bridgehead atoms. The number of benzene rings is 2. The van der Waals surface area contributed by atoms with Gasteiger partial charge >= 0.3 is 0 Å². The van der Waals surface area contributed by atoms with Crippen molar-refractivity contribution in [1.29, 1.82) is 0 Å². The van der Waals surface area contributed by atoms with Crippen molar-refractivity contribution >= 4 is 33.2 Å². The molecule has 0 aliphatic carbocycles. The van der Waals surface area contributed by atoms with Crippen molar-refractivity contribution in [2.75, 3.05) is 5.32 Å². The fourth-order valence-corrected chi connectivity index (χ4v) is 2.41. The minimum atomic E-state index is -0.615. The molecule has 19 heavy (non-hydrogen) atoms. The standard InChI is InChI=1S/C14H11BrClF2N/c1-8-2-5-12(17)14(13(8)18)19-7-9-3-4-10(15)6-11(9)16/h2-6,19H,7H2,1H3. The van der Waals surface area contributed by atoms with Crippen LogP contribution in [0.3, 0.4) is 0 Å². The molecular formula is C14H11BrClF2N. The molecule has 0 aliphatic rings. The molecule has 0 spiro atoms. The molecule has 100 valence electrons. The van der Waals surface area contributed by atoms with Crippen LogP contribution in [-0.2, 0) is 6.54 Å². The van der Waals surface area contributed by atoms with Crippen molar-refractivity contribution < 1.29 is 8.78 Å². The fraction of sp³-hybridized carbons (Fsp3) is 0.143. The molecule has 0 saturated carbocycles. The number of aryl methyl sites for hydroxylation is 1. The van der Waals surface area contributed by atoms with Gasteiger partial charge in [0, 0.05) is 16.0 Å². The van der Waals surface area contributed by atoms with Crippen LogP contribution in [0, 0.1) is 18.6 Å². The second kappa shape index (κ2) is 5.88. The van der Waals surface area contributed by atoms with Crippen molar-refractivity contribution in [2.45, 2.75) is 13.5 Å². The van der Waals surface area contributed by atoms with Gasteiger partial charge in [-0.15, -0.1) is 0 Å². The molecule has 1 nitrogen and oxygen atoms in total. The van der Waals surface area contributed by atoms with Gasteiger partial charge in [0.25, 0.3) is 0 Å². The van der Waals surface area contributed by atoms with Crippen LogP contribution in [0.4, 0.5) is 14.5 Å². The molecular weight excluding hydrogens is 336 g/mol. The average Bonchev–Trinajstić information content (AvgIpc) is 2.36. The Labute approximate surface area is 123 Å². The first kappa shape index (κ1) is 14.3. The summed E-state index contributed by atoms with van der Waals surface area (Å²) in [4.78, 5) is 0. The zero-order valence-electron chi connectivity index (χ0n) is 10.1. The highest BCUT2D eigenvalue weighted by Crippen LogP contribution is 2.25. The highest BCUT2D eigenvalue weighted by atomic mass is 79.9. The van der Waals surface area contributed by atoms with E-state index in [0.29, 0.717) is 10.6 Å². The second-order valence-corrected chi connectivity index (χ2v) is 5.47. The van der Waals surface area contributed by atoms with Gasteiger partial charge in [0.2, 0.25) is 0 Å². The Morgan fingerprint density at radius 1 is 1.21 bits per heavy atom. The topological polar surface area (TPSA) is 12.0 Å². The lowest BCUT2D eigenvalue weighted by Gasteiger charge is -2.11. The predicted molar refractivity (Wildman–Crippen MR) is 77.6 cm³/mol. The minimum Gasteiger partial charge on any atom is -0.376 e. The Balaban J connectivity index is 2.21. The molecule has 0 atom stereocenters. The summed E-state index contributed by atoms with van der Waals surface area (Å²) in [6, 6.07) is 8.00. The maximum absolute atomic E-state index is 13.8. The monoisotopic (exact) mass is 345 g/mol. The van der Waals surface area contributed by atoms with Gasteiger partial charge in [-0.05, 0) is 36.2 Å². The SMILES string of the molecule is Cc1ccc(F)c(NCc2ccc(Br)cc2Cl)c1F. The van der Waals surface area contributed by atoms with Crippen molar-refractivity contribution in [3.63, 3.8) is 0 Å². The van der Waals surface area contributed by atoms with E-state index in [2.05, 4.69) is 21.2 Å². The number of hydrogen-bond donors (Lipinski definition) is 1. The zero-order chi connectivity index (χ0) is 14.0. The summed E-state index contributed by atoms with van der Waals surface area (Å²) in [5, 5.41) is 3.29. The van der Waals surface area contributed by atoms with Crippen molar-refractivity contribution in [3.8, 4) is 0 Å². The van der Waals surface area contributed by atoms with Gasteiger partial charge in [0.15, 0.2) is 5.82 Å². The highest BCUT2D eigenvalue weighted by Gasteiger charge is 2.11. The minimum absolute atomic E-state index is 0.126. The van der Waals surface area contributed by atoms with Gasteiger partial charge in [-0.3, -0.25) is 0 Å². The second-order valence-electron chi connectivity index (χ2n) is 4.14. The summed E-state index contributed by atoms with van der Waals surface area (Å²) in [5.41, 5.74) is 1.04. The summed E-state index contributed by atoms with van der Waals surface area (Å²) in [5.74, 6) is -1.19. The molecule has 0 heterocycles. The lowest BCUT2D eigenvalue weighted by molar-refractivity contribution is 0.582. The molecule has 0 aliphatic heterocycles. The number of nitrogens with one attached hydrogen (secondary N) is 1. The number of anilines is 1. The van der Waals surface area contributed by atoms with Crippen LogP contribution in [0.5, 0.6) is 0 Å². The van der Waals surface area contributed by atoms with Crippen LogP contribution in [0.2, 0.25) is 5.02 Å². The summed E-state index contributed by atoms with van der Waals surface area (Å²) < 4.78 is 28.2. The molecule has 0 unspecified atom stereocenters. The normalized spacial score (nSPS) is 10.6. The zero-order valence-corrected chi connectivity index (χ0v) is 12.4. The van der Waals surface area contributed by atoms with E-state index in [-0.39, 0.29) is 12.2 Å². The Kier molecular flexibility index (Phi) is 4.42. The van der Waals surface area contributed by atoms with Crippen LogP contribution >= 0.6 is 27.5 Å². The van der Waals surface area contributed by atoms with Gasteiger partial charge in [-0.25, -0.2) is 8.78 Å². The van der Waals surface area contributed by atoms with E-state index < -0.39 is 11.6 Å². The van der Waals surface area contributed by atoms with E-state index in [9.17, 15) is 8.78 Å². The van der Waals surface area contributed by atoms with E-state index in [1.54, 1.807) is 19.1 Å². The fourth-order valence-electron chi connectivity index (χ4n) is 1.67. The van der Waals surface area contributed by atoms with Crippen LogP contribution in [0.25, 0.3) is 0 Å². The van der Waals surface area contributed by atoms with Gasteiger partial charge in [-0.1, -0.05) is 39.7 Å². The van der Waals surface area contributed by atoms with Crippen LogP contribution in [0.1, 0.15) is 11.1 Å². The molecule has 2 aromatic rings. The van der Waals surface area contributed by atoms with Crippen molar-refractivity contribution in [2.24, 2.45) is 0 Å². The molecule has 2 aromatic carbocycles. The summed E-state index contributed by atoms with van der Waals surface area (Å²) in [6.45, 7) is 1.84. The van der Waals surface area contributed by atoms with Gasteiger partial charge in [-0.2, -0.15) is 0 Å². The number of halogens is 4. The largest absolute Gasteiger partial charge is 0.376 e. The van der Waals surface area contributed by atoms with Gasteiger partial charge in [0.1, 0.15) is 11.5 Å². The van der Waals surface area contributed by atoms with E-state index in [1.165, 1.54) is 12.1 Å². The van der Waals surface area contributed by atoms with Crippen LogP contribution < -0.4 is 5.32 Å². The highest BCUT2D eigenvalue weighted by molar-refractivity contribution is 9.10. The quantitative estimate of drug-likeness (QED) is 0.795. The molecule has 5 heteroatoms. The Morgan fingerprint density at radius 3 is 2.63 bits per heavy atom. The number of rotatable bonds is 3. The van der Waals surface area contributed by atoms with Gasteiger partial charge in [0.05, 0.1) is 0 Å². The molecule has 2 rings (SSSR count). The van der Waals surface area contributed by atoms with E-state index in [1.807, 2.05) is 6.07 Å². The predicted octanol–water partition coefficient (Wildman–Crippen LogP) is 5.30. The molecule has 0 amide bonds. The van der Waals surface area contributed by atoms with Crippen molar-refractivity contribution in [1.82, 2.24) is 0 Å². The average molecular weight is 347 g/mol. The Hall–Kier alpha value is -1.13. The molecule has 0 aromatic heterocycles. The Bertz CT molecular complexity index is 617. The first-order chi connectivity index (χ1) is 8.99. The number of hydrogen-bond acceptors (Lipinski definition) is 1. The third-order valence-electron chi connectivity index (χ3n) is 2.75. The first-order valence-electron chi connectivity index (χ1n) is 5.61. The maximum Gasteiger partial charge on any atom is 0.152 e. The smallest absolute Gasteiger partial charge is 0.152 e. The first-order valence-corrected chi connectivity index (χ1v) is 6.78. The molecule has 0 saturated heterocycles. The van der Waals surface area contributed by atoms with E-state index in [0.717, 1.165) is 10.0 Å². The summed E-state index contributed by atoms with van der Waals surface area (Å²) in [6.07, 6.45) is 0. The summed E-state index contributed by atoms with van der Waals surface area (Å²) >= 11 is 9.35. The lowest BCUT2D eigenvalue weighted by atomic mass is 10.1.